The van der Waals surface area contributed by atoms with E-state index in [1.165, 1.54) is 0 Å². The Kier molecular flexibility index (Phi) is 2.08. The maximum absolute atomic E-state index is 11.5. The Labute approximate surface area is 82.2 Å². The summed E-state index contributed by atoms with van der Waals surface area (Å²) in [6.07, 6.45) is 8.25. The van der Waals surface area contributed by atoms with E-state index in [1.807, 2.05) is 25.2 Å². The molecular formula is C11H11NO2. The number of allylic oxidation sites excluding steroid dienone is 4. The predicted molar refractivity (Wildman–Crippen MR) is 52.2 cm³/mol. The van der Waals surface area contributed by atoms with Gasteiger partial charge in [0, 0.05) is 5.57 Å². The molecule has 0 radical (unpaired) electrons. The third-order valence-electron chi connectivity index (χ3n) is 2.41. The van der Waals surface area contributed by atoms with Crippen LogP contribution in [0.25, 0.3) is 0 Å². The quantitative estimate of drug-likeness (QED) is 0.628. The van der Waals surface area contributed by atoms with E-state index >= 15 is 0 Å². The number of amides is 2. The summed E-state index contributed by atoms with van der Waals surface area (Å²) < 4.78 is 0. The molecule has 1 saturated heterocycles. The smallest absolute Gasteiger partial charge is 0.254 e. The molecule has 3 nitrogen and oxygen atoms in total. The van der Waals surface area contributed by atoms with Crippen LogP contribution >= 0.6 is 0 Å². The lowest BCUT2D eigenvalue weighted by Crippen LogP contribution is -2.22. The van der Waals surface area contributed by atoms with Crippen LogP contribution in [0.15, 0.2) is 35.5 Å². The topological polar surface area (TPSA) is 46.2 Å². The Morgan fingerprint density at radius 1 is 1.50 bits per heavy atom. The molecule has 1 N–H and O–H groups in total. The second kappa shape index (κ2) is 3.25. The van der Waals surface area contributed by atoms with Crippen molar-refractivity contribution in [3.63, 3.8) is 0 Å². The average Bonchev–Trinajstić information content (AvgIpc) is 2.44. The van der Waals surface area contributed by atoms with Crippen molar-refractivity contribution < 1.29 is 9.59 Å². The Balaban J connectivity index is 2.43. The van der Waals surface area contributed by atoms with Crippen molar-refractivity contribution in [1.82, 2.24) is 5.32 Å². The molecule has 1 unspecified atom stereocenters. The van der Waals surface area contributed by atoms with Gasteiger partial charge in [0.25, 0.3) is 5.91 Å². The van der Waals surface area contributed by atoms with Crippen LogP contribution in [0.2, 0.25) is 0 Å². The normalized spacial score (nSPS) is 27.6. The molecule has 14 heavy (non-hydrogen) atoms. The summed E-state index contributed by atoms with van der Waals surface area (Å²) in [5.41, 5.74) is 1.49. The number of hydrogen-bond acceptors (Lipinski definition) is 2. The highest BCUT2D eigenvalue weighted by Gasteiger charge is 2.38. The number of nitrogens with one attached hydrogen (secondary N) is 1. The monoisotopic (exact) mass is 189 g/mol. The van der Waals surface area contributed by atoms with Gasteiger partial charge >= 0.3 is 0 Å². The van der Waals surface area contributed by atoms with Crippen molar-refractivity contribution in [1.29, 1.82) is 0 Å². The van der Waals surface area contributed by atoms with Gasteiger partial charge in [0.2, 0.25) is 5.91 Å². The molecule has 0 bridgehead atoms. The Morgan fingerprint density at radius 2 is 2.29 bits per heavy atom. The van der Waals surface area contributed by atoms with Gasteiger partial charge in [-0.25, -0.2) is 0 Å². The van der Waals surface area contributed by atoms with Gasteiger partial charge in [0.05, 0.1) is 5.92 Å². The van der Waals surface area contributed by atoms with Crippen LogP contribution in [0.4, 0.5) is 0 Å². The maximum atomic E-state index is 11.5. The van der Waals surface area contributed by atoms with Crippen molar-refractivity contribution in [2.45, 2.75) is 13.3 Å². The lowest BCUT2D eigenvalue weighted by Gasteiger charge is -2.12. The second-order valence-electron chi connectivity index (χ2n) is 3.34. The van der Waals surface area contributed by atoms with E-state index in [4.69, 9.17) is 0 Å². The van der Waals surface area contributed by atoms with Crippen LogP contribution in [0.5, 0.6) is 0 Å². The molecule has 1 atom stereocenters. The van der Waals surface area contributed by atoms with Gasteiger partial charge in [-0.3, -0.25) is 14.9 Å². The molecule has 1 aliphatic heterocycles. The van der Waals surface area contributed by atoms with E-state index in [0.29, 0.717) is 5.57 Å². The first-order valence-corrected chi connectivity index (χ1v) is 4.67. The van der Waals surface area contributed by atoms with Gasteiger partial charge in [-0.15, -0.1) is 0 Å². The lowest BCUT2D eigenvalue weighted by molar-refractivity contribution is -0.125. The summed E-state index contributed by atoms with van der Waals surface area (Å²) >= 11 is 0. The first kappa shape index (κ1) is 8.94. The zero-order chi connectivity index (χ0) is 10.1. The molecule has 3 heteroatoms. The Bertz CT molecular complexity index is 388. The molecule has 1 aliphatic carbocycles. The zero-order valence-electron chi connectivity index (χ0n) is 7.91. The highest BCUT2D eigenvalue weighted by molar-refractivity contribution is 6.16. The van der Waals surface area contributed by atoms with Crippen molar-refractivity contribution in [2.24, 2.45) is 5.92 Å². The molecule has 1 fully saturated rings. The van der Waals surface area contributed by atoms with Crippen molar-refractivity contribution in [3.8, 4) is 0 Å². The van der Waals surface area contributed by atoms with Crippen LogP contribution in [-0.2, 0) is 9.59 Å². The minimum absolute atomic E-state index is 0.203. The fourth-order valence-electron chi connectivity index (χ4n) is 1.81. The largest absolute Gasteiger partial charge is 0.292 e. The molecule has 0 aromatic heterocycles. The van der Waals surface area contributed by atoms with E-state index in [0.717, 1.165) is 12.0 Å². The summed E-state index contributed by atoms with van der Waals surface area (Å²) in [5, 5.41) is 2.32. The minimum atomic E-state index is -0.368. The molecule has 0 aromatic rings. The zero-order valence-corrected chi connectivity index (χ0v) is 7.91. The summed E-state index contributed by atoms with van der Waals surface area (Å²) in [7, 11) is 0. The number of carbonyl (C=O) groups excluding carboxylic acids is 2. The molecule has 2 rings (SSSR count). The Hall–Kier alpha value is -1.64. The van der Waals surface area contributed by atoms with Gasteiger partial charge in [-0.2, -0.15) is 0 Å². The van der Waals surface area contributed by atoms with E-state index in [1.54, 1.807) is 6.08 Å². The van der Waals surface area contributed by atoms with Crippen molar-refractivity contribution in [3.05, 3.63) is 35.5 Å². The third kappa shape index (κ3) is 1.21. The molecular weight excluding hydrogens is 178 g/mol. The highest BCUT2D eigenvalue weighted by Crippen LogP contribution is 2.30. The molecule has 0 aromatic carbocycles. The SMILES string of the molecule is CCC=C1C=CC=C2C(=O)NC(=O)C12. The van der Waals surface area contributed by atoms with Gasteiger partial charge in [0.15, 0.2) is 0 Å². The minimum Gasteiger partial charge on any atom is -0.292 e. The number of imide groups is 1. The fourth-order valence-corrected chi connectivity index (χ4v) is 1.81. The number of fused-ring (bicyclic) bond motifs is 1. The lowest BCUT2D eigenvalue weighted by atomic mass is 9.88. The summed E-state index contributed by atoms with van der Waals surface area (Å²) in [6, 6.07) is 0. The van der Waals surface area contributed by atoms with Crippen LogP contribution in [0.1, 0.15) is 13.3 Å². The van der Waals surface area contributed by atoms with E-state index < -0.39 is 0 Å². The highest BCUT2D eigenvalue weighted by atomic mass is 16.2. The van der Waals surface area contributed by atoms with E-state index in [9.17, 15) is 9.59 Å². The molecule has 1 heterocycles. The molecule has 2 aliphatic rings. The van der Waals surface area contributed by atoms with Crippen molar-refractivity contribution >= 4 is 11.8 Å². The van der Waals surface area contributed by atoms with Gasteiger partial charge in [-0.1, -0.05) is 31.2 Å². The molecule has 0 saturated carbocycles. The molecule has 0 spiro atoms. The van der Waals surface area contributed by atoms with Gasteiger partial charge in [0.1, 0.15) is 0 Å². The summed E-state index contributed by atoms with van der Waals surface area (Å²) in [4.78, 5) is 22.8. The van der Waals surface area contributed by atoms with Crippen LogP contribution in [0, 0.1) is 5.92 Å². The molecule has 72 valence electrons. The standard InChI is InChI=1S/C11H11NO2/c1-2-4-7-5-3-6-8-9(7)11(14)12-10(8)13/h3-6,9H,2H2,1H3,(H,12,13,14). The fraction of sp³-hybridized carbons (Fsp3) is 0.273. The third-order valence-corrected chi connectivity index (χ3v) is 2.41. The van der Waals surface area contributed by atoms with Crippen LogP contribution in [0.3, 0.4) is 0 Å². The van der Waals surface area contributed by atoms with Crippen LogP contribution in [-0.4, -0.2) is 11.8 Å². The number of hydrogen-bond donors (Lipinski definition) is 1. The summed E-state index contributed by atoms with van der Waals surface area (Å²) in [6.45, 7) is 2.01. The van der Waals surface area contributed by atoms with E-state index in [-0.39, 0.29) is 17.7 Å². The Morgan fingerprint density at radius 3 is 3.00 bits per heavy atom. The average molecular weight is 189 g/mol. The van der Waals surface area contributed by atoms with Gasteiger partial charge < -0.3 is 0 Å². The van der Waals surface area contributed by atoms with Crippen molar-refractivity contribution in [2.75, 3.05) is 0 Å². The molecule has 2 amide bonds. The van der Waals surface area contributed by atoms with Gasteiger partial charge in [-0.05, 0) is 12.0 Å². The second-order valence-corrected chi connectivity index (χ2v) is 3.34. The number of carbonyl (C=O) groups is 2. The number of rotatable bonds is 1. The first-order valence-electron chi connectivity index (χ1n) is 4.67. The van der Waals surface area contributed by atoms with Crippen LogP contribution < -0.4 is 5.32 Å². The predicted octanol–water partition coefficient (Wildman–Crippen LogP) is 1.09. The maximum Gasteiger partial charge on any atom is 0.254 e. The van der Waals surface area contributed by atoms with E-state index in [2.05, 4.69) is 5.32 Å². The summed E-state index contributed by atoms with van der Waals surface area (Å²) in [5.74, 6) is -0.830. The first-order chi connectivity index (χ1) is 6.74.